The van der Waals surface area contributed by atoms with Crippen LogP contribution in [0.15, 0.2) is 66.7 Å². The van der Waals surface area contributed by atoms with Crippen molar-refractivity contribution in [3.63, 3.8) is 0 Å². The van der Waals surface area contributed by atoms with Gasteiger partial charge in [-0.05, 0) is 60.9 Å². The molecule has 0 bridgehead atoms. The minimum Gasteiger partial charge on any atom is -0.495 e. The van der Waals surface area contributed by atoms with Crippen molar-refractivity contribution in [2.75, 3.05) is 87.8 Å². The van der Waals surface area contributed by atoms with Gasteiger partial charge in [-0.1, -0.05) is 44.0 Å². The summed E-state index contributed by atoms with van der Waals surface area (Å²) < 4.78 is 11.0. The number of hydrogen-bond acceptors (Lipinski definition) is 7. The SMILES string of the molecule is CCCCCc1ccc(C(=O)Nc2ccc(N3CCN(c4ccccc4OC)CC3)c(C(=O)NCCN3CCOCC3)c2)cc1. The third-order valence-electron chi connectivity index (χ3n) is 8.65. The Kier molecular flexibility index (Phi) is 11.7. The van der Waals surface area contributed by atoms with E-state index in [4.69, 9.17) is 9.47 Å². The normalized spacial score (nSPS) is 15.5. The molecule has 2 aliphatic rings. The first-order valence-corrected chi connectivity index (χ1v) is 16.3. The molecule has 0 atom stereocenters. The first-order chi connectivity index (χ1) is 22.1. The molecule has 9 heteroatoms. The molecule has 45 heavy (non-hydrogen) atoms. The van der Waals surface area contributed by atoms with Gasteiger partial charge in [-0.15, -0.1) is 0 Å². The number of piperazine rings is 1. The Balaban J connectivity index is 1.28. The van der Waals surface area contributed by atoms with Gasteiger partial charge in [0, 0.05) is 69.3 Å². The minimum atomic E-state index is -0.188. The molecule has 0 saturated carbocycles. The number of anilines is 3. The van der Waals surface area contributed by atoms with Crippen LogP contribution in [0.25, 0.3) is 0 Å². The molecule has 9 nitrogen and oxygen atoms in total. The predicted molar refractivity (Wildman–Crippen MR) is 181 cm³/mol. The maximum atomic E-state index is 13.7. The molecule has 2 amide bonds. The summed E-state index contributed by atoms with van der Waals surface area (Å²) in [5, 5.41) is 6.15. The second-order valence-corrected chi connectivity index (χ2v) is 11.7. The van der Waals surface area contributed by atoms with Gasteiger partial charge >= 0.3 is 0 Å². The van der Waals surface area contributed by atoms with Gasteiger partial charge in [-0.3, -0.25) is 14.5 Å². The number of morpholine rings is 1. The molecule has 2 heterocycles. The Bertz CT molecular complexity index is 1400. The van der Waals surface area contributed by atoms with Crippen molar-refractivity contribution < 1.29 is 19.1 Å². The number of nitrogens with zero attached hydrogens (tertiary/aromatic N) is 3. The van der Waals surface area contributed by atoms with Gasteiger partial charge in [0.15, 0.2) is 0 Å². The van der Waals surface area contributed by atoms with E-state index in [1.54, 1.807) is 7.11 Å². The number of carbonyl (C=O) groups is 2. The molecule has 2 saturated heterocycles. The molecule has 0 radical (unpaired) electrons. The molecule has 5 rings (SSSR count). The van der Waals surface area contributed by atoms with Gasteiger partial charge in [0.2, 0.25) is 0 Å². The summed E-state index contributed by atoms with van der Waals surface area (Å²) in [7, 11) is 1.70. The van der Waals surface area contributed by atoms with Crippen LogP contribution in [0.1, 0.15) is 52.5 Å². The van der Waals surface area contributed by atoms with Gasteiger partial charge in [0.1, 0.15) is 5.75 Å². The van der Waals surface area contributed by atoms with Gasteiger partial charge in [-0.25, -0.2) is 0 Å². The molecule has 0 spiro atoms. The summed E-state index contributed by atoms with van der Waals surface area (Å²) in [5.41, 5.74) is 4.95. The van der Waals surface area contributed by atoms with Crippen LogP contribution in [0.5, 0.6) is 5.75 Å². The number of para-hydroxylation sites is 2. The highest BCUT2D eigenvalue weighted by Crippen LogP contribution is 2.31. The number of ether oxygens (including phenoxy) is 2. The van der Waals surface area contributed by atoms with Crippen LogP contribution in [0.4, 0.5) is 17.1 Å². The molecule has 2 aliphatic heterocycles. The zero-order valence-corrected chi connectivity index (χ0v) is 26.7. The number of carbonyl (C=O) groups excluding carboxylic acids is 2. The van der Waals surface area contributed by atoms with E-state index >= 15 is 0 Å². The maximum absolute atomic E-state index is 13.7. The highest BCUT2D eigenvalue weighted by molar-refractivity contribution is 6.06. The summed E-state index contributed by atoms with van der Waals surface area (Å²) in [5.74, 6) is 0.530. The zero-order valence-electron chi connectivity index (χ0n) is 26.7. The number of rotatable bonds is 13. The van der Waals surface area contributed by atoms with Gasteiger partial charge < -0.3 is 29.9 Å². The van der Waals surface area contributed by atoms with E-state index in [0.29, 0.717) is 23.4 Å². The minimum absolute atomic E-state index is 0.141. The summed E-state index contributed by atoms with van der Waals surface area (Å²) in [4.78, 5) is 33.7. The van der Waals surface area contributed by atoms with Crippen LogP contribution in [-0.2, 0) is 11.2 Å². The summed E-state index contributed by atoms with van der Waals surface area (Å²) in [6.45, 7) is 9.81. The van der Waals surface area contributed by atoms with Crippen molar-refractivity contribution in [1.82, 2.24) is 10.2 Å². The largest absolute Gasteiger partial charge is 0.495 e. The van der Waals surface area contributed by atoms with E-state index in [9.17, 15) is 9.59 Å². The average Bonchev–Trinajstić information content (AvgIpc) is 3.09. The van der Waals surface area contributed by atoms with Crippen LogP contribution in [-0.4, -0.2) is 89.4 Å². The standard InChI is InChI=1S/C36H47N5O4/c1-3-4-5-8-28-11-13-29(14-12-28)35(42)38-30-15-16-32(31(27-30)36(43)37-17-18-39-23-25-45-26-24-39)40-19-21-41(22-20-40)33-9-6-7-10-34(33)44-2/h6-7,9-16,27H,3-5,8,17-26H2,1-2H3,(H,37,43)(H,38,42). The van der Waals surface area contributed by atoms with Crippen LogP contribution in [0, 0.1) is 0 Å². The number of methoxy groups -OCH3 is 1. The van der Waals surface area contributed by atoms with E-state index in [1.165, 1.54) is 18.4 Å². The van der Waals surface area contributed by atoms with E-state index in [1.807, 2.05) is 60.7 Å². The van der Waals surface area contributed by atoms with Gasteiger partial charge in [0.05, 0.1) is 31.6 Å². The lowest BCUT2D eigenvalue weighted by molar-refractivity contribution is 0.0383. The van der Waals surface area contributed by atoms with Crippen molar-refractivity contribution in [2.24, 2.45) is 0 Å². The maximum Gasteiger partial charge on any atom is 0.255 e. The summed E-state index contributed by atoms with van der Waals surface area (Å²) in [6.07, 6.45) is 4.57. The lowest BCUT2D eigenvalue weighted by Crippen LogP contribution is -2.47. The van der Waals surface area contributed by atoms with Crippen molar-refractivity contribution >= 4 is 28.9 Å². The predicted octanol–water partition coefficient (Wildman–Crippen LogP) is 5.07. The fraction of sp³-hybridized carbons (Fsp3) is 0.444. The van der Waals surface area contributed by atoms with Crippen molar-refractivity contribution in [3.8, 4) is 5.75 Å². The van der Waals surface area contributed by atoms with E-state index < -0.39 is 0 Å². The van der Waals surface area contributed by atoms with E-state index in [2.05, 4.69) is 38.3 Å². The quantitative estimate of drug-likeness (QED) is 0.261. The number of nitrogens with one attached hydrogen (secondary N) is 2. The Labute approximate surface area is 267 Å². The van der Waals surface area contributed by atoms with Crippen LogP contribution in [0.2, 0.25) is 0 Å². The molecule has 0 aliphatic carbocycles. The van der Waals surface area contributed by atoms with Crippen molar-refractivity contribution in [2.45, 2.75) is 32.6 Å². The average molecular weight is 614 g/mol. The highest BCUT2D eigenvalue weighted by atomic mass is 16.5. The molecular formula is C36H47N5O4. The second-order valence-electron chi connectivity index (χ2n) is 11.7. The Hall–Kier alpha value is -4.08. The van der Waals surface area contributed by atoms with E-state index in [-0.39, 0.29) is 11.8 Å². The third-order valence-corrected chi connectivity index (χ3v) is 8.65. The smallest absolute Gasteiger partial charge is 0.255 e. The molecular weight excluding hydrogens is 566 g/mol. The molecule has 2 N–H and O–H groups in total. The molecule has 3 aromatic carbocycles. The number of aryl methyl sites for hydroxylation is 1. The number of unbranched alkanes of at least 4 members (excludes halogenated alkanes) is 2. The number of amides is 2. The first kappa shape index (κ1) is 32.3. The highest BCUT2D eigenvalue weighted by Gasteiger charge is 2.24. The summed E-state index contributed by atoms with van der Waals surface area (Å²) in [6, 6.07) is 21.6. The molecule has 0 aromatic heterocycles. The number of hydrogen-bond donors (Lipinski definition) is 2. The van der Waals surface area contributed by atoms with Gasteiger partial charge in [0.25, 0.3) is 11.8 Å². The molecule has 2 fully saturated rings. The second kappa shape index (κ2) is 16.3. The fourth-order valence-corrected chi connectivity index (χ4v) is 6.00. The van der Waals surface area contributed by atoms with Crippen LogP contribution >= 0.6 is 0 Å². The Morgan fingerprint density at radius 1 is 0.822 bits per heavy atom. The lowest BCUT2D eigenvalue weighted by Gasteiger charge is -2.38. The Morgan fingerprint density at radius 3 is 2.24 bits per heavy atom. The molecule has 0 unspecified atom stereocenters. The molecule has 240 valence electrons. The lowest BCUT2D eigenvalue weighted by atomic mass is 10.0. The van der Waals surface area contributed by atoms with Crippen molar-refractivity contribution in [1.29, 1.82) is 0 Å². The molecule has 3 aromatic rings. The monoisotopic (exact) mass is 613 g/mol. The topological polar surface area (TPSA) is 86.4 Å². The zero-order chi connectivity index (χ0) is 31.4. The Morgan fingerprint density at radius 2 is 1.53 bits per heavy atom. The first-order valence-electron chi connectivity index (χ1n) is 16.3. The fourth-order valence-electron chi connectivity index (χ4n) is 6.00. The van der Waals surface area contributed by atoms with Crippen LogP contribution < -0.4 is 25.2 Å². The summed E-state index contributed by atoms with van der Waals surface area (Å²) >= 11 is 0. The van der Waals surface area contributed by atoms with Crippen LogP contribution in [0.3, 0.4) is 0 Å². The third kappa shape index (κ3) is 8.77. The number of benzene rings is 3. The van der Waals surface area contributed by atoms with Crippen molar-refractivity contribution in [3.05, 3.63) is 83.4 Å². The van der Waals surface area contributed by atoms with E-state index in [0.717, 1.165) is 89.0 Å². The van der Waals surface area contributed by atoms with Gasteiger partial charge in [-0.2, -0.15) is 0 Å².